The van der Waals surface area contributed by atoms with Crippen LogP contribution in [0.5, 0.6) is 0 Å². The number of quaternary nitrogens is 1. The summed E-state index contributed by atoms with van der Waals surface area (Å²) in [5.41, 5.74) is 3.77. The van der Waals surface area contributed by atoms with Crippen molar-refractivity contribution >= 4 is 22.9 Å². The molecule has 0 radical (unpaired) electrons. The van der Waals surface area contributed by atoms with E-state index in [2.05, 4.69) is 59.3 Å². The number of carbonyl (C=O) groups excluding carboxylic acids is 1. The molecule has 1 heterocycles. The van der Waals surface area contributed by atoms with Crippen molar-refractivity contribution in [1.29, 1.82) is 5.26 Å². The lowest BCUT2D eigenvalue weighted by Crippen LogP contribution is -2.92. The van der Waals surface area contributed by atoms with Crippen LogP contribution in [0.2, 0.25) is 0 Å². The number of anilines is 1. The lowest BCUT2D eigenvalue weighted by molar-refractivity contribution is -0.703. The van der Waals surface area contributed by atoms with E-state index in [1.807, 2.05) is 13.0 Å². The zero-order valence-corrected chi connectivity index (χ0v) is 16.9. The predicted molar refractivity (Wildman–Crippen MR) is 113 cm³/mol. The fraction of sp³-hybridized carbons (Fsp3) is 0.217. The highest BCUT2D eigenvalue weighted by Crippen LogP contribution is 2.23. The van der Waals surface area contributed by atoms with Gasteiger partial charge in [0.2, 0.25) is 0 Å². The van der Waals surface area contributed by atoms with Crippen molar-refractivity contribution in [3.8, 4) is 6.07 Å². The van der Waals surface area contributed by atoms with Crippen molar-refractivity contribution in [2.24, 2.45) is 0 Å². The average molecular weight is 391 g/mol. The van der Waals surface area contributed by atoms with Crippen LogP contribution in [0.1, 0.15) is 41.5 Å². The van der Waals surface area contributed by atoms with Gasteiger partial charge in [-0.05, 0) is 54.6 Å². The zero-order valence-electron chi connectivity index (χ0n) is 16.1. The molecule has 0 unspecified atom stereocenters. The van der Waals surface area contributed by atoms with E-state index in [4.69, 9.17) is 5.26 Å². The van der Waals surface area contributed by atoms with Crippen LogP contribution >= 0.6 is 11.3 Å². The molecule has 3 N–H and O–H groups in total. The van der Waals surface area contributed by atoms with Crippen LogP contribution in [0.3, 0.4) is 0 Å². The fourth-order valence-corrected chi connectivity index (χ4v) is 3.89. The lowest BCUT2D eigenvalue weighted by atomic mass is 10.0. The Bertz CT molecular complexity index is 941. The molecule has 142 valence electrons. The van der Waals surface area contributed by atoms with Crippen LogP contribution in [-0.2, 0) is 11.2 Å². The number of nitrogens with zero attached hydrogens (tertiary/aromatic N) is 1. The number of carbonyl (C=O) groups is 1. The van der Waals surface area contributed by atoms with Crippen molar-refractivity contribution in [2.75, 3.05) is 5.32 Å². The van der Waals surface area contributed by atoms with E-state index >= 15 is 0 Å². The maximum absolute atomic E-state index is 12.7. The minimum atomic E-state index is -0.270. The number of aryl methyl sites for hydroxylation is 1. The Balaban J connectivity index is 1.73. The molecule has 3 aromatic rings. The molecule has 0 spiro atoms. The second kappa shape index (κ2) is 9.32. The summed E-state index contributed by atoms with van der Waals surface area (Å²) < 4.78 is 0. The van der Waals surface area contributed by atoms with Crippen molar-refractivity contribution in [3.63, 3.8) is 0 Å². The van der Waals surface area contributed by atoms with Gasteiger partial charge in [0, 0.05) is 11.3 Å². The van der Waals surface area contributed by atoms with Gasteiger partial charge in [0.15, 0.2) is 6.04 Å². The topological polar surface area (TPSA) is 69.5 Å². The van der Waals surface area contributed by atoms with Crippen LogP contribution in [0.25, 0.3) is 0 Å². The molecule has 0 bridgehead atoms. The van der Waals surface area contributed by atoms with Gasteiger partial charge in [0.1, 0.15) is 6.04 Å². The minimum absolute atomic E-state index is 0.0588. The molecule has 5 heteroatoms. The molecule has 0 aliphatic heterocycles. The van der Waals surface area contributed by atoms with Gasteiger partial charge in [-0.2, -0.15) is 5.26 Å². The average Bonchev–Trinajstić information content (AvgIpc) is 3.27. The zero-order chi connectivity index (χ0) is 19.9. The number of benzene rings is 2. The van der Waals surface area contributed by atoms with Crippen LogP contribution < -0.4 is 10.6 Å². The predicted octanol–water partition coefficient (Wildman–Crippen LogP) is 3.86. The van der Waals surface area contributed by atoms with Gasteiger partial charge in [-0.3, -0.25) is 4.79 Å². The molecule has 1 aromatic heterocycles. The van der Waals surface area contributed by atoms with Crippen molar-refractivity contribution in [3.05, 3.63) is 87.6 Å². The Morgan fingerprint density at radius 1 is 1.14 bits per heavy atom. The van der Waals surface area contributed by atoms with Gasteiger partial charge in [-0.25, -0.2) is 0 Å². The number of rotatable bonds is 7. The SMILES string of the molecule is CCc1ccc([C@@H]([NH2+][C@@H](C)C(=O)Nc2ccc(C#N)cc2)c2cccs2)cc1. The van der Waals surface area contributed by atoms with E-state index < -0.39 is 0 Å². The Morgan fingerprint density at radius 2 is 1.86 bits per heavy atom. The van der Waals surface area contributed by atoms with Crippen molar-refractivity contribution in [1.82, 2.24) is 0 Å². The first-order valence-electron chi connectivity index (χ1n) is 9.39. The molecule has 3 rings (SSSR count). The van der Waals surface area contributed by atoms with Gasteiger partial charge in [0.05, 0.1) is 16.5 Å². The molecular formula is C23H24N3OS+. The number of hydrogen-bond acceptors (Lipinski definition) is 3. The largest absolute Gasteiger partial charge is 0.326 e. The van der Waals surface area contributed by atoms with E-state index in [1.165, 1.54) is 16.0 Å². The second-order valence-corrected chi connectivity index (χ2v) is 7.73. The molecule has 0 saturated heterocycles. The fourth-order valence-electron chi connectivity index (χ4n) is 3.06. The summed E-state index contributed by atoms with van der Waals surface area (Å²) in [4.78, 5) is 13.9. The second-order valence-electron chi connectivity index (χ2n) is 6.75. The minimum Gasteiger partial charge on any atom is -0.326 e. The van der Waals surface area contributed by atoms with E-state index in [1.54, 1.807) is 35.6 Å². The third-order valence-electron chi connectivity index (χ3n) is 4.77. The highest BCUT2D eigenvalue weighted by molar-refractivity contribution is 7.10. The third kappa shape index (κ3) is 4.86. The number of thiophene rings is 1. The van der Waals surface area contributed by atoms with Gasteiger partial charge in [-0.15, -0.1) is 11.3 Å². The molecule has 0 saturated carbocycles. The van der Waals surface area contributed by atoms with Crippen LogP contribution in [0.15, 0.2) is 66.0 Å². The number of nitrogens with one attached hydrogen (secondary N) is 1. The number of hydrogen-bond donors (Lipinski definition) is 2. The number of nitrogens with two attached hydrogens (primary N) is 1. The molecule has 0 fully saturated rings. The van der Waals surface area contributed by atoms with Crippen LogP contribution in [0, 0.1) is 11.3 Å². The first kappa shape index (κ1) is 19.8. The summed E-state index contributed by atoms with van der Waals surface area (Å²) in [7, 11) is 0. The maximum Gasteiger partial charge on any atom is 0.282 e. The molecule has 4 nitrogen and oxygen atoms in total. The first-order chi connectivity index (χ1) is 13.6. The molecule has 2 aromatic carbocycles. The maximum atomic E-state index is 12.7. The summed E-state index contributed by atoms with van der Waals surface area (Å²) >= 11 is 1.70. The standard InChI is InChI=1S/C23H23N3OS/c1-3-17-6-10-19(11-7-17)22(21-5-4-14-28-21)25-16(2)23(27)26-20-12-8-18(15-24)9-13-20/h4-14,16,22,25H,3H2,1-2H3,(H,26,27)/p+1/t16-,22+/m0/s1. The van der Waals surface area contributed by atoms with Gasteiger partial charge in [-0.1, -0.05) is 37.3 Å². The van der Waals surface area contributed by atoms with E-state index in [-0.39, 0.29) is 18.0 Å². The highest BCUT2D eigenvalue weighted by atomic mass is 32.1. The van der Waals surface area contributed by atoms with Crippen molar-refractivity contribution < 1.29 is 10.1 Å². The Kier molecular flexibility index (Phi) is 6.59. The Hall–Kier alpha value is -2.94. The van der Waals surface area contributed by atoms with E-state index in [0.29, 0.717) is 11.3 Å². The summed E-state index contributed by atoms with van der Waals surface area (Å²) in [6.45, 7) is 4.06. The number of nitriles is 1. The molecule has 28 heavy (non-hydrogen) atoms. The van der Waals surface area contributed by atoms with Crippen LogP contribution in [-0.4, -0.2) is 11.9 Å². The van der Waals surface area contributed by atoms with Gasteiger partial charge >= 0.3 is 0 Å². The van der Waals surface area contributed by atoms with Gasteiger partial charge in [0.25, 0.3) is 5.91 Å². The van der Waals surface area contributed by atoms with E-state index in [9.17, 15) is 4.79 Å². The molecule has 0 aliphatic rings. The Labute approximate surface area is 169 Å². The summed E-state index contributed by atoms with van der Waals surface area (Å²) in [5, 5.41) is 16.0. The lowest BCUT2D eigenvalue weighted by Gasteiger charge is -2.19. The summed E-state index contributed by atoms with van der Waals surface area (Å²) in [5.74, 6) is -0.0588. The number of amides is 1. The van der Waals surface area contributed by atoms with E-state index in [0.717, 1.165) is 6.42 Å². The first-order valence-corrected chi connectivity index (χ1v) is 10.3. The molecular weight excluding hydrogens is 366 g/mol. The van der Waals surface area contributed by atoms with Gasteiger partial charge < -0.3 is 10.6 Å². The molecule has 1 amide bonds. The quantitative estimate of drug-likeness (QED) is 0.643. The summed E-state index contributed by atoms with van der Waals surface area (Å²) in [6.07, 6.45) is 1.01. The summed E-state index contributed by atoms with van der Waals surface area (Å²) in [6, 6.07) is 21.6. The van der Waals surface area contributed by atoms with Crippen molar-refractivity contribution in [2.45, 2.75) is 32.4 Å². The highest BCUT2D eigenvalue weighted by Gasteiger charge is 2.25. The Morgan fingerprint density at radius 3 is 2.43 bits per heavy atom. The third-order valence-corrected chi connectivity index (χ3v) is 5.73. The van der Waals surface area contributed by atoms with Crippen LogP contribution in [0.4, 0.5) is 5.69 Å². The molecule has 2 atom stereocenters. The monoisotopic (exact) mass is 390 g/mol. The normalized spacial score (nSPS) is 12.8. The smallest absolute Gasteiger partial charge is 0.282 e. The molecule has 0 aliphatic carbocycles.